The van der Waals surface area contributed by atoms with Crippen LogP contribution in [-0.4, -0.2) is 25.0 Å². The lowest BCUT2D eigenvalue weighted by atomic mass is 10.0. The van der Waals surface area contributed by atoms with Gasteiger partial charge in [-0.3, -0.25) is 14.6 Å². The Morgan fingerprint density at radius 3 is 2.49 bits per heavy atom. The highest BCUT2D eigenvalue weighted by Gasteiger charge is 2.29. The normalized spacial score (nSPS) is 12.1. The van der Waals surface area contributed by atoms with Gasteiger partial charge in [0.05, 0.1) is 12.1 Å². The van der Waals surface area contributed by atoms with Crippen LogP contribution in [0.1, 0.15) is 32.9 Å². The van der Waals surface area contributed by atoms with E-state index in [1.165, 1.54) is 0 Å². The first-order valence-electron chi connectivity index (χ1n) is 13.3. The highest BCUT2D eigenvalue weighted by molar-refractivity contribution is 7.90. The molecule has 3 aromatic heterocycles. The first-order valence-corrected chi connectivity index (χ1v) is 14.4. The second kappa shape index (κ2) is 10.7. The van der Waals surface area contributed by atoms with Crippen molar-refractivity contribution in [1.29, 1.82) is 0 Å². The molecule has 8 heteroatoms. The molecule has 6 rings (SSSR count). The molecule has 204 valence electrons. The molecule has 0 aliphatic rings. The van der Waals surface area contributed by atoms with Gasteiger partial charge in [-0.05, 0) is 74.9 Å². The number of aromatic amines is 1. The number of H-pyrrole nitrogens is 1. The molecule has 0 saturated heterocycles. The van der Waals surface area contributed by atoms with Crippen LogP contribution in [0.25, 0.3) is 32.9 Å². The maximum absolute atomic E-state index is 14.1. The van der Waals surface area contributed by atoms with Crippen molar-refractivity contribution < 1.29 is 9.35 Å². The topological polar surface area (TPSA) is 103 Å². The van der Waals surface area contributed by atoms with E-state index in [2.05, 4.69) is 15.8 Å². The van der Waals surface area contributed by atoms with Gasteiger partial charge in [-0.15, -0.1) is 0 Å². The van der Waals surface area contributed by atoms with E-state index in [4.69, 9.17) is 4.98 Å². The van der Waals surface area contributed by atoms with Crippen LogP contribution in [0.4, 0.5) is 0 Å². The molecule has 0 fully saturated rings. The fourth-order valence-electron chi connectivity index (χ4n) is 5.20. The number of para-hydroxylation sites is 1. The lowest BCUT2D eigenvalue weighted by Crippen LogP contribution is -2.33. The fraction of sp³-hybridized carbons (Fsp3) is 0.121. The maximum atomic E-state index is 14.1. The van der Waals surface area contributed by atoms with Gasteiger partial charge in [-0.25, -0.2) is 0 Å². The van der Waals surface area contributed by atoms with Crippen molar-refractivity contribution in [1.82, 2.24) is 19.3 Å². The van der Waals surface area contributed by atoms with Gasteiger partial charge in [0.2, 0.25) is 0 Å². The van der Waals surface area contributed by atoms with Gasteiger partial charge in [-0.1, -0.05) is 47.5 Å². The van der Waals surface area contributed by atoms with Gasteiger partial charge in [0, 0.05) is 39.3 Å². The number of nitrogens with one attached hydrogen (secondary N) is 2. The van der Waals surface area contributed by atoms with Crippen LogP contribution in [0.2, 0.25) is 0 Å². The summed E-state index contributed by atoms with van der Waals surface area (Å²) in [6.45, 7) is 6.19. The summed E-state index contributed by atoms with van der Waals surface area (Å²) in [5, 5.41) is 1.76. The third-order valence-electron chi connectivity index (χ3n) is 7.29. The molecular weight excluding hydrogens is 532 g/mol. The smallest absolute Gasteiger partial charge is 0.309 e. The molecule has 3 heterocycles. The predicted molar refractivity (Wildman–Crippen MR) is 163 cm³/mol. The summed E-state index contributed by atoms with van der Waals surface area (Å²) in [5.41, 5.74) is 6.27. The highest BCUT2D eigenvalue weighted by atomic mass is 32.2. The summed E-state index contributed by atoms with van der Waals surface area (Å²) >= 11 is -1.81. The van der Waals surface area contributed by atoms with E-state index in [1.54, 1.807) is 30.5 Å². The molecule has 6 aromatic rings. The summed E-state index contributed by atoms with van der Waals surface area (Å²) < 4.78 is 17.9. The number of fused-ring (bicyclic) bond motifs is 2. The molecule has 0 radical (unpaired) electrons. The number of rotatable bonds is 6. The minimum Gasteiger partial charge on any atom is -0.588 e. The quantitative estimate of drug-likeness (QED) is 0.245. The van der Waals surface area contributed by atoms with Crippen LogP contribution < -0.4 is 10.3 Å². The number of hydrogen-bond acceptors (Lipinski definition) is 4. The minimum atomic E-state index is -1.81. The van der Waals surface area contributed by atoms with Crippen molar-refractivity contribution in [2.45, 2.75) is 32.2 Å². The van der Waals surface area contributed by atoms with E-state index in [9.17, 15) is 14.1 Å². The molecule has 3 aromatic carbocycles. The maximum Gasteiger partial charge on any atom is 0.309 e. The molecule has 2 N–H and O–H groups in total. The third-order valence-corrected chi connectivity index (χ3v) is 8.36. The molecule has 0 aliphatic heterocycles. The third kappa shape index (κ3) is 5.03. The monoisotopic (exact) mass is 560 g/mol. The van der Waals surface area contributed by atoms with Crippen LogP contribution in [0.15, 0.2) is 101 Å². The Hall–Kier alpha value is -4.66. The zero-order chi connectivity index (χ0) is 28.7. The molecule has 0 saturated carbocycles. The molecule has 41 heavy (non-hydrogen) atoms. The van der Waals surface area contributed by atoms with E-state index < -0.39 is 17.3 Å². The molecular formula is C33H28N4O3S. The number of pyridine rings is 2. The molecule has 1 atom stereocenters. The number of benzene rings is 3. The Morgan fingerprint density at radius 2 is 1.71 bits per heavy atom. The Morgan fingerprint density at radius 1 is 0.951 bits per heavy atom. The van der Waals surface area contributed by atoms with Gasteiger partial charge in [0.15, 0.2) is 4.90 Å². The second-order valence-electron chi connectivity index (χ2n) is 10.2. The molecule has 0 spiro atoms. The van der Waals surface area contributed by atoms with Crippen molar-refractivity contribution >= 4 is 39.1 Å². The van der Waals surface area contributed by atoms with Gasteiger partial charge in [0.25, 0.3) is 5.56 Å². The van der Waals surface area contributed by atoms with Crippen LogP contribution in [0.3, 0.4) is 0 Å². The SMILES string of the molecule is Cc1ccc([S+]([O-])NC(=O)c2c(-c3ccc[nH]c3=O)c3cc(C)ccc3n2Cc2cc3ccccc3nc2C)cc1. The van der Waals surface area contributed by atoms with Crippen molar-refractivity contribution in [3.8, 4) is 11.1 Å². The van der Waals surface area contributed by atoms with E-state index in [1.807, 2.05) is 79.9 Å². The fourth-order valence-corrected chi connectivity index (χ4v) is 5.97. The molecule has 7 nitrogen and oxygen atoms in total. The Bertz CT molecular complexity index is 1990. The average Bonchev–Trinajstić information content (AvgIpc) is 3.26. The van der Waals surface area contributed by atoms with Gasteiger partial charge in [-0.2, -0.15) is 4.72 Å². The van der Waals surface area contributed by atoms with E-state index in [0.717, 1.165) is 44.2 Å². The summed E-state index contributed by atoms with van der Waals surface area (Å²) in [6, 6.07) is 26.5. The standard InChI is InChI=1S/C33H28N4O3S/c1-20-10-13-25(14-11-20)41(40)36-33(39)31-30(26-8-6-16-34-32(26)38)27-17-21(2)12-15-29(27)37(31)19-24-18-23-7-4-5-9-28(23)35-22(24)3/h4-18H,19H2,1-3H3,(H,34,38)(H,36,39). The van der Waals surface area contributed by atoms with Crippen molar-refractivity contribution in [2.75, 3.05) is 0 Å². The molecule has 0 bridgehead atoms. The minimum absolute atomic E-state index is 0.260. The van der Waals surface area contributed by atoms with Crippen LogP contribution >= 0.6 is 0 Å². The van der Waals surface area contributed by atoms with Crippen molar-refractivity contribution in [3.63, 3.8) is 0 Å². The van der Waals surface area contributed by atoms with E-state index in [0.29, 0.717) is 22.6 Å². The van der Waals surface area contributed by atoms with E-state index in [-0.39, 0.29) is 11.3 Å². The van der Waals surface area contributed by atoms with Gasteiger partial charge in [0.1, 0.15) is 17.1 Å². The zero-order valence-electron chi connectivity index (χ0n) is 22.9. The number of hydrogen-bond donors (Lipinski definition) is 2. The summed E-state index contributed by atoms with van der Waals surface area (Å²) in [5.74, 6) is -0.539. The Balaban J connectivity index is 1.57. The van der Waals surface area contributed by atoms with Gasteiger partial charge >= 0.3 is 5.91 Å². The number of aromatic nitrogens is 3. The number of amides is 1. The summed E-state index contributed by atoms with van der Waals surface area (Å²) in [6.07, 6.45) is 1.56. The van der Waals surface area contributed by atoms with Crippen molar-refractivity contribution in [2.24, 2.45) is 0 Å². The summed E-state index contributed by atoms with van der Waals surface area (Å²) in [7, 11) is 0. The molecule has 1 unspecified atom stereocenters. The Kier molecular flexibility index (Phi) is 6.95. The number of carbonyl (C=O) groups excluding carboxylic acids is 1. The number of aryl methyl sites for hydroxylation is 3. The molecule has 0 aliphatic carbocycles. The van der Waals surface area contributed by atoms with E-state index >= 15 is 0 Å². The van der Waals surface area contributed by atoms with Crippen LogP contribution in [-0.2, 0) is 17.9 Å². The Labute approximate surface area is 240 Å². The second-order valence-corrected chi connectivity index (χ2v) is 11.4. The van der Waals surface area contributed by atoms with Crippen molar-refractivity contribution in [3.05, 3.63) is 130 Å². The largest absolute Gasteiger partial charge is 0.588 e. The molecule has 1 amide bonds. The lowest BCUT2D eigenvalue weighted by Gasteiger charge is -2.16. The van der Waals surface area contributed by atoms with Crippen LogP contribution in [0, 0.1) is 20.8 Å². The lowest BCUT2D eigenvalue weighted by molar-refractivity contribution is 0.0973. The number of carbonyl (C=O) groups is 1. The first kappa shape index (κ1) is 26.6. The number of nitrogens with zero attached hydrogens (tertiary/aromatic N) is 2. The average molecular weight is 561 g/mol. The zero-order valence-corrected chi connectivity index (χ0v) is 23.7. The van der Waals surface area contributed by atoms with Gasteiger partial charge < -0.3 is 14.1 Å². The van der Waals surface area contributed by atoms with Crippen LogP contribution in [0.5, 0.6) is 0 Å². The summed E-state index contributed by atoms with van der Waals surface area (Å²) in [4.78, 5) is 35.2. The highest BCUT2D eigenvalue weighted by Crippen LogP contribution is 2.35. The first-order chi connectivity index (χ1) is 19.8. The predicted octanol–water partition coefficient (Wildman–Crippen LogP) is 5.97.